The summed E-state index contributed by atoms with van der Waals surface area (Å²) in [7, 11) is 0. The van der Waals surface area contributed by atoms with Crippen LogP contribution in [-0.2, 0) is 0 Å². The smallest absolute Gasteiger partial charge is 0.262 e. The van der Waals surface area contributed by atoms with E-state index in [-0.39, 0.29) is 22.6 Å². The third kappa shape index (κ3) is 2.39. The molecule has 22 heavy (non-hydrogen) atoms. The number of aryl methyl sites for hydroxylation is 3. The summed E-state index contributed by atoms with van der Waals surface area (Å²) in [5, 5.41) is 2.98. The Labute approximate surface area is 126 Å². The maximum atomic E-state index is 12.5. The Morgan fingerprint density at radius 2 is 1.86 bits per heavy atom. The minimum Gasteiger partial charge on any atom is -0.442 e. The monoisotopic (exact) mass is 297 g/mol. The number of aromatic amines is 1. The fourth-order valence-electron chi connectivity index (χ4n) is 2.57. The van der Waals surface area contributed by atoms with Crippen molar-refractivity contribution in [2.45, 2.75) is 20.8 Å². The topological polar surface area (TPSA) is 88.0 Å². The van der Waals surface area contributed by atoms with Gasteiger partial charge < -0.3 is 14.7 Å². The van der Waals surface area contributed by atoms with Crippen molar-refractivity contribution in [2.75, 3.05) is 5.32 Å². The predicted octanol–water partition coefficient (Wildman–Crippen LogP) is 2.69. The van der Waals surface area contributed by atoms with E-state index in [2.05, 4.69) is 15.3 Å². The van der Waals surface area contributed by atoms with Gasteiger partial charge in [0.15, 0.2) is 0 Å². The van der Waals surface area contributed by atoms with Gasteiger partial charge in [-0.15, -0.1) is 0 Å². The van der Waals surface area contributed by atoms with Gasteiger partial charge in [0.1, 0.15) is 11.1 Å². The number of carbonyl (C=O) groups is 1. The van der Waals surface area contributed by atoms with Crippen molar-refractivity contribution < 1.29 is 9.21 Å². The standard InChI is InChI=1S/C16H15N3O3/c1-8-4-9(2)6-11(5-8)19-15(21)12-10(3)22-16-13(12)14(20)17-7-18-16/h4-7H,1-3H3,(H,19,21)(H,17,18,20). The molecule has 0 fully saturated rings. The molecule has 0 unspecified atom stereocenters. The van der Waals surface area contributed by atoms with Gasteiger partial charge >= 0.3 is 0 Å². The summed E-state index contributed by atoms with van der Waals surface area (Å²) in [4.78, 5) is 30.9. The number of nitrogens with one attached hydrogen (secondary N) is 2. The number of rotatable bonds is 2. The van der Waals surface area contributed by atoms with E-state index in [9.17, 15) is 9.59 Å². The van der Waals surface area contributed by atoms with Gasteiger partial charge in [-0.05, 0) is 44.0 Å². The molecule has 0 atom stereocenters. The highest BCUT2D eigenvalue weighted by molar-refractivity contribution is 6.12. The van der Waals surface area contributed by atoms with Crippen molar-refractivity contribution in [3.8, 4) is 0 Å². The highest BCUT2D eigenvalue weighted by atomic mass is 16.3. The highest BCUT2D eigenvalue weighted by Gasteiger charge is 2.21. The van der Waals surface area contributed by atoms with Gasteiger partial charge in [0.25, 0.3) is 11.5 Å². The Bertz CT molecular complexity index is 917. The molecule has 2 N–H and O–H groups in total. The van der Waals surface area contributed by atoms with E-state index >= 15 is 0 Å². The number of hydrogen-bond donors (Lipinski definition) is 2. The van der Waals surface area contributed by atoms with E-state index in [1.165, 1.54) is 6.33 Å². The number of carbonyl (C=O) groups excluding carboxylic acids is 1. The lowest BCUT2D eigenvalue weighted by Gasteiger charge is -2.07. The maximum Gasteiger partial charge on any atom is 0.262 e. The van der Waals surface area contributed by atoms with Crippen LogP contribution >= 0.6 is 0 Å². The molecule has 0 aliphatic rings. The first-order valence-electron chi connectivity index (χ1n) is 6.82. The zero-order chi connectivity index (χ0) is 15.9. The van der Waals surface area contributed by atoms with E-state index in [0.29, 0.717) is 11.4 Å². The third-order valence-corrected chi connectivity index (χ3v) is 3.38. The predicted molar refractivity (Wildman–Crippen MR) is 83.2 cm³/mol. The second-order valence-corrected chi connectivity index (χ2v) is 5.28. The molecule has 0 bridgehead atoms. The van der Waals surface area contributed by atoms with E-state index in [1.807, 2.05) is 32.0 Å². The Hall–Kier alpha value is -2.89. The number of nitrogens with zero attached hydrogens (tertiary/aromatic N) is 1. The van der Waals surface area contributed by atoms with Crippen LogP contribution in [0.3, 0.4) is 0 Å². The maximum absolute atomic E-state index is 12.5. The first kappa shape index (κ1) is 14.1. The average molecular weight is 297 g/mol. The van der Waals surface area contributed by atoms with Crippen LogP contribution in [0.15, 0.2) is 33.7 Å². The van der Waals surface area contributed by atoms with Crippen LogP contribution in [0.1, 0.15) is 27.2 Å². The summed E-state index contributed by atoms with van der Waals surface area (Å²) in [6.45, 7) is 5.54. The number of fused-ring (bicyclic) bond motifs is 1. The molecule has 6 heteroatoms. The van der Waals surface area contributed by atoms with Crippen LogP contribution in [0.25, 0.3) is 11.1 Å². The molecule has 1 amide bonds. The van der Waals surface area contributed by atoms with Crippen LogP contribution in [0.5, 0.6) is 0 Å². The summed E-state index contributed by atoms with van der Waals surface area (Å²) in [6.07, 6.45) is 1.25. The normalized spacial score (nSPS) is 10.9. The SMILES string of the molecule is Cc1cc(C)cc(NC(=O)c2c(C)oc3nc[nH]c(=O)c23)c1. The van der Waals surface area contributed by atoms with E-state index < -0.39 is 5.56 Å². The molecule has 0 aliphatic carbocycles. The van der Waals surface area contributed by atoms with Gasteiger partial charge in [0, 0.05) is 5.69 Å². The van der Waals surface area contributed by atoms with Crippen LogP contribution in [-0.4, -0.2) is 15.9 Å². The number of H-pyrrole nitrogens is 1. The summed E-state index contributed by atoms with van der Waals surface area (Å²) in [5.41, 5.74) is 2.74. The van der Waals surface area contributed by atoms with Gasteiger partial charge in [0.05, 0.1) is 11.9 Å². The molecule has 2 aromatic heterocycles. The van der Waals surface area contributed by atoms with Crippen LogP contribution in [0, 0.1) is 20.8 Å². The van der Waals surface area contributed by atoms with Gasteiger partial charge in [0.2, 0.25) is 5.71 Å². The van der Waals surface area contributed by atoms with Gasteiger partial charge in [-0.3, -0.25) is 9.59 Å². The summed E-state index contributed by atoms with van der Waals surface area (Å²) in [5.74, 6) is -0.0270. The molecule has 3 aromatic rings. The fourth-order valence-corrected chi connectivity index (χ4v) is 2.57. The first-order chi connectivity index (χ1) is 10.5. The lowest BCUT2D eigenvalue weighted by molar-refractivity contribution is 0.102. The molecule has 3 rings (SSSR count). The zero-order valence-electron chi connectivity index (χ0n) is 12.5. The fraction of sp³-hybridized carbons (Fsp3) is 0.188. The molecule has 0 saturated heterocycles. The van der Waals surface area contributed by atoms with Crippen LogP contribution in [0.4, 0.5) is 5.69 Å². The van der Waals surface area contributed by atoms with Crippen molar-refractivity contribution in [3.05, 3.63) is 57.3 Å². The lowest BCUT2D eigenvalue weighted by Crippen LogP contribution is -2.16. The Morgan fingerprint density at radius 1 is 1.18 bits per heavy atom. The van der Waals surface area contributed by atoms with E-state index in [4.69, 9.17) is 4.42 Å². The van der Waals surface area contributed by atoms with Crippen LogP contribution in [0.2, 0.25) is 0 Å². The van der Waals surface area contributed by atoms with Crippen LogP contribution < -0.4 is 10.9 Å². The number of benzene rings is 1. The third-order valence-electron chi connectivity index (χ3n) is 3.38. The lowest BCUT2D eigenvalue weighted by atomic mass is 10.1. The average Bonchev–Trinajstić information content (AvgIpc) is 2.75. The number of anilines is 1. The van der Waals surface area contributed by atoms with Crippen molar-refractivity contribution in [1.82, 2.24) is 9.97 Å². The second kappa shape index (κ2) is 5.14. The zero-order valence-corrected chi connectivity index (χ0v) is 12.5. The summed E-state index contributed by atoms with van der Waals surface area (Å²) >= 11 is 0. The molecule has 1 aromatic carbocycles. The van der Waals surface area contributed by atoms with Gasteiger partial charge in [-0.25, -0.2) is 4.98 Å². The molecule has 2 heterocycles. The Balaban J connectivity index is 2.06. The minimum absolute atomic E-state index is 0.159. The van der Waals surface area contributed by atoms with Crippen molar-refractivity contribution in [2.24, 2.45) is 0 Å². The molecule has 6 nitrogen and oxygen atoms in total. The quantitative estimate of drug-likeness (QED) is 0.761. The molecular weight excluding hydrogens is 282 g/mol. The Morgan fingerprint density at radius 3 is 2.55 bits per heavy atom. The molecule has 0 spiro atoms. The second-order valence-electron chi connectivity index (χ2n) is 5.28. The molecule has 0 aliphatic heterocycles. The molecule has 0 saturated carbocycles. The molecular formula is C16H15N3O3. The van der Waals surface area contributed by atoms with E-state index in [1.54, 1.807) is 6.92 Å². The highest BCUT2D eigenvalue weighted by Crippen LogP contribution is 2.22. The van der Waals surface area contributed by atoms with Crippen molar-refractivity contribution in [1.29, 1.82) is 0 Å². The van der Waals surface area contributed by atoms with E-state index in [0.717, 1.165) is 11.1 Å². The number of aromatic nitrogens is 2. The number of hydrogen-bond acceptors (Lipinski definition) is 4. The largest absolute Gasteiger partial charge is 0.442 e. The molecule has 0 radical (unpaired) electrons. The molecule has 112 valence electrons. The number of furan rings is 1. The summed E-state index contributed by atoms with van der Waals surface area (Å²) in [6, 6.07) is 5.75. The van der Waals surface area contributed by atoms with Gasteiger partial charge in [-0.2, -0.15) is 0 Å². The van der Waals surface area contributed by atoms with Crippen molar-refractivity contribution in [3.63, 3.8) is 0 Å². The summed E-state index contributed by atoms with van der Waals surface area (Å²) < 4.78 is 5.39. The Kier molecular flexibility index (Phi) is 3.29. The van der Waals surface area contributed by atoms with Crippen molar-refractivity contribution >= 4 is 22.7 Å². The number of amides is 1. The minimum atomic E-state index is -0.396. The van der Waals surface area contributed by atoms with Gasteiger partial charge in [-0.1, -0.05) is 6.07 Å². The first-order valence-corrected chi connectivity index (χ1v) is 6.82.